The number of oxime groups is 1. The molecular weight excluding hydrogens is 370 g/mol. The van der Waals surface area contributed by atoms with Gasteiger partial charge in [0.1, 0.15) is 24.4 Å². The Hall–Kier alpha value is -2.53. The molecule has 5 atom stereocenters. The van der Waals surface area contributed by atoms with Gasteiger partial charge in [0.05, 0.1) is 12.3 Å². The number of hydrogen-bond acceptors (Lipinski definition) is 8. The zero-order valence-corrected chi connectivity index (χ0v) is 15.5. The van der Waals surface area contributed by atoms with Crippen molar-refractivity contribution in [2.75, 3.05) is 18.1 Å². The lowest BCUT2D eigenvalue weighted by atomic mass is 9.97. The fourth-order valence-electron chi connectivity index (χ4n) is 3.33. The predicted molar refractivity (Wildman–Crippen MR) is 97.5 cm³/mol. The van der Waals surface area contributed by atoms with Gasteiger partial charge in [0.15, 0.2) is 5.71 Å². The summed E-state index contributed by atoms with van der Waals surface area (Å²) in [5.74, 6) is -0.835. The van der Waals surface area contributed by atoms with E-state index in [2.05, 4.69) is 10.5 Å². The number of para-hydroxylation sites is 1. The number of ether oxygens (including phenoxy) is 1. The Morgan fingerprint density at radius 1 is 1.32 bits per heavy atom. The molecule has 1 fully saturated rings. The summed E-state index contributed by atoms with van der Waals surface area (Å²) in [6, 6.07) is 5.94. The SMILES string of the molecule is CCN1C(=O)C(=NO[C@@H]2O[C@@H](CO)[C@@H](O)[C@@H](O)[C@@H]2NC(C)=O)c2ccccc21. The van der Waals surface area contributed by atoms with Gasteiger partial charge in [0.25, 0.3) is 5.91 Å². The number of rotatable bonds is 5. The number of anilines is 1. The number of hydrogen-bond donors (Lipinski definition) is 4. The van der Waals surface area contributed by atoms with E-state index in [4.69, 9.17) is 9.57 Å². The summed E-state index contributed by atoms with van der Waals surface area (Å²) in [5.41, 5.74) is 1.34. The van der Waals surface area contributed by atoms with Crippen LogP contribution in [0.2, 0.25) is 0 Å². The van der Waals surface area contributed by atoms with Crippen molar-refractivity contribution in [3.63, 3.8) is 0 Å². The van der Waals surface area contributed by atoms with Crippen molar-refractivity contribution in [3.05, 3.63) is 29.8 Å². The van der Waals surface area contributed by atoms with E-state index in [9.17, 15) is 24.9 Å². The summed E-state index contributed by atoms with van der Waals surface area (Å²) in [4.78, 5) is 31.0. The summed E-state index contributed by atoms with van der Waals surface area (Å²) in [7, 11) is 0. The molecule has 0 spiro atoms. The number of benzene rings is 1. The Balaban J connectivity index is 1.88. The highest BCUT2D eigenvalue weighted by atomic mass is 16.8. The Morgan fingerprint density at radius 3 is 2.68 bits per heavy atom. The summed E-state index contributed by atoms with van der Waals surface area (Å²) >= 11 is 0. The third kappa shape index (κ3) is 3.59. The standard InChI is InChI=1S/C18H23N3O7/c1-3-21-11-7-5-4-6-10(11)13(17(21)26)20-28-18-14(19-9(2)23)16(25)15(24)12(8-22)27-18/h4-7,12,14-16,18,22,24-25H,3,8H2,1-2H3,(H,19,23)/t12-,14-,15+,16-,18-/m0/s1. The van der Waals surface area contributed by atoms with Gasteiger partial charge in [0, 0.05) is 19.0 Å². The van der Waals surface area contributed by atoms with Crippen molar-refractivity contribution < 1.29 is 34.5 Å². The lowest BCUT2D eigenvalue weighted by molar-refractivity contribution is -0.270. The highest BCUT2D eigenvalue weighted by molar-refractivity contribution is 6.54. The van der Waals surface area contributed by atoms with Gasteiger partial charge in [-0.1, -0.05) is 23.4 Å². The quantitative estimate of drug-likeness (QED) is 0.457. The molecule has 152 valence electrons. The Bertz CT molecular complexity index is 784. The average molecular weight is 393 g/mol. The number of fused-ring (bicyclic) bond motifs is 1. The van der Waals surface area contributed by atoms with Crippen LogP contribution in [0.5, 0.6) is 0 Å². The molecule has 10 nitrogen and oxygen atoms in total. The molecule has 10 heteroatoms. The molecule has 28 heavy (non-hydrogen) atoms. The van der Waals surface area contributed by atoms with Crippen LogP contribution < -0.4 is 10.2 Å². The number of amides is 2. The van der Waals surface area contributed by atoms with E-state index < -0.39 is 43.2 Å². The molecule has 3 rings (SSSR count). The maximum atomic E-state index is 12.6. The van der Waals surface area contributed by atoms with Gasteiger partial charge < -0.3 is 35.1 Å². The first-order valence-corrected chi connectivity index (χ1v) is 8.93. The zero-order valence-electron chi connectivity index (χ0n) is 15.5. The number of carbonyl (C=O) groups is 2. The lowest BCUT2D eigenvalue weighted by Crippen LogP contribution is -2.64. The number of aliphatic hydroxyl groups excluding tert-OH is 3. The van der Waals surface area contributed by atoms with E-state index in [1.807, 2.05) is 6.92 Å². The van der Waals surface area contributed by atoms with Crippen molar-refractivity contribution in [1.82, 2.24) is 5.32 Å². The van der Waals surface area contributed by atoms with Crippen LogP contribution in [0.1, 0.15) is 19.4 Å². The second-order valence-corrected chi connectivity index (χ2v) is 6.54. The monoisotopic (exact) mass is 393 g/mol. The third-order valence-electron chi connectivity index (χ3n) is 4.71. The third-order valence-corrected chi connectivity index (χ3v) is 4.71. The van der Waals surface area contributed by atoms with Crippen LogP contribution in [0.4, 0.5) is 5.69 Å². The summed E-state index contributed by atoms with van der Waals surface area (Å²) in [6.07, 6.45) is -5.34. The van der Waals surface area contributed by atoms with E-state index in [-0.39, 0.29) is 11.6 Å². The number of aliphatic hydroxyl groups is 3. The van der Waals surface area contributed by atoms with E-state index in [0.29, 0.717) is 17.8 Å². The van der Waals surface area contributed by atoms with Crippen molar-refractivity contribution in [1.29, 1.82) is 0 Å². The smallest absolute Gasteiger partial charge is 0.281 e. The van der Waals surface area contributed by atoms with E-state index in [0.717, 1.165) is 0 Å². The first kappa shape index (κ1) is 20.2. The van der Waals surface area contributed by atoms with Gasteiger partial charge in [-0.3, -0.25) is 9.59 Å². The van der Waals surface area contributed by atoms with Crippen molar-refractivity contribution in [2.24, 2.45) is 5.16 Å². The summed E-state index contributed by atoms with van der Waals surface area (Å²) < 4.78 is 5.44. The summed E-state index contributed by atoms with van der Waals surface area (Å²) in [6.45, 7) is 2.93. The average Bonchev–Trinajstić information content (AvgIpc) is 2.95. The van der Waals surface area contributed by atoms with E-state index >= 15 is 0 Å². The maximum absolute atomic E-state index is 12.6. The van der Waals surface area contributed by atoms with Crippen molar-refractivity contribution >= 4 is 23.2 Å². The first-order valence-electron chi connectivity index (χ1n) is 8.93. The first-order chi connectivity index (χ1) is 13.4. The van der Waals surface area contributed by atoms with Gasteiger partial charge in [-0.15, -0.1) is 0 Å². The Kier molecular flexibility index (Phi) is 5.94. The van der Waals surface area contributed by atoms with Crippen LogP contribution in [-0.4, -0.2) is 76.6 Å². The molecule has 2 aliphatic heterocycles. The molecule has 2 amide bonds. The molecule has 1 aromatic rings. The fourth-order valence-corrected chi connectivity index (χ4v) is 3.33. The van der Waals surface area contributed by atoms with Gasteiger partial charge in [-0.2, -0.15) is 0 Å². The van der Waals surface area contributed by atoms with Crippen LogP contribution >= 0.6 is 0 Å². The molecule has 4 N–H and O–H groups in total. The number of nitrogens with zero attached hydrogens (tertiary/aromatic N) is 2. The molecule has 1 saturated heterocycles. The molecule has 2 aliphatic rings. The lowest BCUT2D eigenvalue weighted by Gasteiger charge is -2.40. The van der Waals surface area contributed by atoms with Crippen molar-refractivity contribution in [2.45, 2.75) is 44.5 Å². The summed E-state index contributed by atoms with van der Waals surface area (Å²) in [5, 5.41) is 36.0. The molecule has 0 aliphatic carbocycles. The van der Waals surface area contributed by atoms with E-state index in [1.165, 1.54) is 6.92 Å². The minimum Gasteiger partial charge on any atom is -0.394 e. The predicted octanol–water partition coefficient (Wildman–Crippen LogP) is -1.28. The number of carbonyl (C=O) groups excluding carboxylic acids is 2. The topological polar surface area (TPSA) is 141 Å². The normalized spacial score (nSPS) is 31.0. The van der Waals surface area contributed by atoms with Crippen molar-refractivity contribution in [3.8, 4) is 0 Å². The minimum atomic E-state index is -1.46. The fraction of sp³-hybridized carbons (Fsp3) is 0.500. The molecule has 2 heterocycles. The van der Waals surface area contributed by atoms with Crippen LogP contribution in [0, 0.1) is 0 Å². The van der Waals surface area contributed by atoms with Crippen LogP contribution in [0.3, 0.4) is 0 Å². The van der Waals surface area contributed by atoms with Gasteiger partial charge >= 0.3 is 0 Å². The molecule has 0 radical (unpaired) electrons. The second-order valence-electron chi connectivity index (χ2n) is 6.54. The maximum Gasteiger partial charge on any atom is 0.281 e. The molecule has 0 aromatic heterocycles. The van der Waals surface area contributed by atoms with Gasteiger partial charge in [0.2, 0.25) is 12.2 Å². The van der Waals surface area contributed by atoms with Gasteiger partial charge in [-0.05, 0) is 13.0 Å². The zero-order chi connectivity index (χ0) is 20.4. The molecule has 0 unspecified atom stereocenters. The largest absolute Gasteiger partial charge is 0.394 e. The number of nitrogens with one attached hydrogen (secondary N) is 1. The highest BCUT2D eigenvalue weighted by Crippen LogP contribution is 2.29. The minimum absolute atomic E-state index is 0.0591. The Labute approximate surface area is 161 Å². The van der Waals surface area contributed by atoms with E-state index in [1.54, 1.807) is 29.2 Å². The molecule has 0 saturated carbocycles. The van der Waals surface area contributed by atoms with Crippen LogP contribution in [0.25, 0.3) is 0 Å². The van der Waals surface area contributed by atoms with Crippen LogP contribution in [0.15, 0.2) is 29.4 Å². The van der Waals surface area contributed by atoms with Gasteiger partial charge in [-0.25, -0.2) is 0 Å². The number of likely N-dealkylation sites (N-methyl/N-ethyl adjacent to an activating group) is 1. The molecule has 0 bridgehead atoms. The molecular formula is C18H23N3O7. The second kappa shape index (κ2) is 8.23. The van der Waals surface area contributed by atoms with Crippen LogP contribution in [-0.2, 0) is 19.2 Å². The molecule has 1 aromatic carbocycles. The highest BCUT2D eigenvalue weighted by Gasteiger charge is 2.46. The Morgan fingerprint density at radius 2 is 2.04 bits per heavy atom.